The minimum Gasteiger partial charge on any atom is -0.379 e. The Morgan fingerprint density at radius 1 is 0.618 bits per heavy atom. The van der Waals surface area contributed by atoms with Crippen molar-refractivity contribution in [3.8, 4) is 0 Å². The zero-order chi connectivity index (χ0) is 24.8. The summed E-state index contributed by atoms with van der Waals surface area (Å²) in [4.78, 5) is 71.1. The van der Waals surface area contributed by atoms with Crippen molar-refractivity contribution in [3.63, 3.8) is 0 Å². The second-order valence-corrected chi connectivity index (χ2v) is 7.45. The Morgan fingerprint density at radius 3 is 1.32 bits per heavy atom. The number of imide groups is 2. The molecule has 0 aromatic heterocycles. The smallest absolute Gasteiger partial charge is 0.253 e. The van der Waals surface area contributed by atoms with E-state index in [2.05, 4.69) is 10.6 Å². The lowest BCUT2D eigenvalue weighted by Crippen LogP contribution is -2.35. The highest BCUT2D eigenvalue weighted by Crippen LogP contribution is 2.05. The van der Waals surface area contributed by atoms with Crippen LogP contribution in [0.3, 0.4) is 0 Å². The van der Waals surface area contributed by atoms with Crippen LogP contribution in [0.5, 0.6) is 0 Å². The zero-order valence-corrected chi connectivity index (χ0v) is 19.0. The summed E-state index contributed by atoms with van der Waals surface area (Å²) < 4.78 is 10.8. The van der Waals surface area contributed by atoms with E-state index in [-0.39, 0.29) is 37.7 Å². The van der Waals surface area contributed by atoms with Gasteiger partial charge >= 0.3 is 0 Å². The first-order valence-electron chi connectivity index (χ1n) is 11.1. The second-order valence-electron chi connectivity index (χ2n) is 7.45. The first kappa shape index (κ1) is 26.9. The Hall–Kier alpha value is -3.38. The lowest BCUT2D eigenvalue weighted by atomic mass is 10.3. The van der Waals surface area contributed by atoms with Gasteiger partial charge in [-0.15, -0.1) is 0 Å². The molecule has 0 unspecified atom stereocenters. The van der Waals surface area contributed by atoms with Crippen LogP contribution >= 0.6 is 0 Å². The van der Waals surface area contributed by atoms with Gasteiger partial charge in [-0.25, -0.2) is 0 Å². The average Bonchev–Trinajstić information content (AvgIpc) is 3.31. The third-order valence-electron chi connectivity index (χ3n) is 4.87. The van der Waals surface area contributed by atoms with Crippen LogP contribution in [0.1, 0.15) is 25.7 Å². The summed E-state index contributed by atoms with van der Waals surface area (Å²) in [5.41, 5.74) is 0. The number of carbonyl (C=O) groups is 6. The normalized spacial score (nSPS) is 15.1. The summed E-state index contributed by atoms with van der Waals surface area (Å²) >= 11 is 0. The Morgan fingerprint density at radius 2 is 0.971 bits per heavy atom. The molecule has 0 fully saturated rings. The third kappa shape index (κ3) is 9.63. The molecule has 2 aliphatic heterocycles. The molecule has 0 saturated carbocycles. The number of rotatable bonds is 17. The van der Waals surface area contributed by atoms with Crippen LogP contribution in [0.15, 0.2) is 24.3 Å². The molecule has 0 spiro atoms. The van der Waals surface area contributed by atoms with Crippen molar-refractivity contribution in [1.82, 2.24) is 20.4 Å². The van der Waals surface area contributed by atoms with Gasteiger partial charge in [0.2, 0.25) is 11.8 Å². The topological polar surface area (TPSA) is 151 Å². The fourth-order valence-corrected chi connectivity index (χ4v) is 3.03. The molecule has 6 amide bonds. The van der Waals surface area contributed by atoms with Crippen LogP contribution in [0.4, 0.5) is 0 Å². The van der Waals surface area contributed by atoms with E-state index < -0.39 is 23.6 Å². The molecule has 0 aliphatic carbocycles. The molecule has 2 rings (SSSR count). The minimum atomic E-state index is -0.401. The highest BCUT2D eigenvalue weighted by Gasteiger charge is 2.24. The van der Waals surface area contributed by atoms with Crippen molar-refractivity contribution < 1.29 is 38.2 Å². The summed E-state index contributed by atoms with van der Waals surface area (Å²) in [5, 5.41) is 5.41. The van der Waals surface area contributed by atoms with Crippen molar-refractivity contribution in [2.75, 3.05) is 52.6 Å². The van der Waals surface area contributed by atoms with Gasteiger partial charge in [-0.2, -0.15) is 0 Å². The van der Waals surface area contributed by atoms with E-state index in [0.29, 0.717) is 52.4 Å². The lowest BCUT2D eigenvalue weighted by molar-refractivity contribution is -0.139. The third-order valence-corrected chi connectivity index (χ3v) is 4.87. The Kier molecular flexibility index (Phi) is 11.6. The van der Waals surface area contributed by atoms with Crippen molar-refractivity contribution in [1.29, 1.82) is 0 Å². The largest absolute Gasteiger partial charge is 0.379 e. The van der Waals surface area contributed by atoms with Gasteiger partial charge in [0.25, 0.3) is 23.6 Å². The second kappa shape index (κ2) is 14.7. The molecule has 12 heteroatoms. The molecule has 34 heavy (non-hydrogen) atoms. The number of nitrogens with one attached hydrogen (secondary N) is 2. The molecule has 0 atom stereocenters. The number of nitrogens with zero attached hydrogens (tertiary/aromatic N) is 2. The zero-order valence-electron chi connectivity index (χ0n) is 19.0. The van der Waals surface area contributed by atoms with E-state index in [1.807, 2.05) is 0 Å². The summed E-state index contributed by atoms with van der Waals surface area (Å²) in [6.07, 6.45) is 6.09. The predicted octanol–water partition coefficient (Wildman–Crippen LogP) is -1.34. The van der Waals surface area contributed by atoms with Crippen LogP contribution in [-0.2, 0) is 38.2 Å². The van der Waals surface area contributed by atoms with E-state index in [1.54, 1.807) is 0 Å². The average molecular weight is 479 g/mol. The van der Waals surface area contributed by atoms with Crippen LogP contribution in [-0.4, -0.2) is 97.8 Å². The Labute approximate surface area is 197 Å². The SMILES string of the molecule is O=C(CCN1C(=O)C=CC1=O)NCCCOCCOCCCNC(=O)CCN1C(=O)C=CC1=O. The molecule has 0 aromatic carbocycles. The van der Waals surface area contributed by atoms with Crippen LogP contribution in [0, 0.1) is 0 Å². The lowest BCUT2D eigenvalue weighted by Gasteiger charge is -2.13. The van der Waals surface area contributed by atoms with Gasteiger partial charge in [-0.05, 0) is 12.8 Å². The predicted molar refractivity (Wildman–Crippen MR) is 118 cm³/mol. The van der Waals surface area contributed by atoms with Crippen LogP contribution in [0.25, 0.3) is 0 Å². The van der Waals surface area contributed by atoms with Gasteiger partial charge in [0.15, 0.2) is 0 Å². The molecular weight excluding hydrogens is 448 g/mol. The molecule has 2 N–H and O–H groups in total. The van der Waals surface area contributed by atoms with Gasteiger partial charge in [0, 0.05) is 76.5 Å². The molecular formula is C22H30N4O8. The Balaban J connectivity index is 1.32. The van der Waals surface area contributed by atoms with Crippen molar-refractivity contribution in [3.05, 3.63) is 24.3 Å². The molecule has 12 nitrogen and oxygen atoms in total. The van der Waals surface area contributed by atoms with Crippen molar-refractivity contribution in [2.45, 2.75) is 25.7 Å². The maximum absolute atomic E-state index is 11.7. The summed E-state index contributed by atoms with van der Waals surface area (Å²) in [6.45, 7) is 2.68. The number of hydrogen-bond acceptors (Lipinski definition) is 8. The number of carbonyl (C=O) groups excluding carboxylic acids is 6. The summed E-state index contributed by atoms with van der Waals surface area (Å²) in [6, 6.07) is 0. The molecule has 0 radical (unpaired) electrons. The molecule has 2 heterocycles. The Bertz CT molecular complexity index is 735. The molecule has 0 bridgehead atoms. The van der Waals surface area contributed by atoms with Gasteiger partial charge in [-0.3, -0.25) is 38.6 Å². The molecule has 0 saturated heterocycles. The fraction of sp³-hybridized carbons (Fsp3) is 0.545. The van der Waals surface area contributed by atoms with Crippen molar-refractivity contribution in [2.24, 2.45) is 0 Å². The highest BCUT2D eigenvalue weighted by atomic mass is 16.5. The minimum absolute atomic E-state index is 0.0591. The highest BCUT2D eigenvalue weighted by molar-refractivity contribution is 6.13. The van der Waals surface area contributed by atoms with Gasteiger partial charge in [0.05, 0.1) is 13.2 Å². The van der Waals surface area contributed by atoms with Crippen molar-refractivity contribution >= 4 is 35.4 Å². The molecule has 2 aliphatic rings. The first-order valence-corrected chi connectivity index (χ1v) is 11.1. The quantitative estimate of drug-likeness (QED) is 0.193. The van der Waals surface area contributed by atoms with E-state index in [0.717, 1.165) is 9.80 Å². The maximum atomic E-state index is 11.7. The van der Waals surface area contributed by atoms with E-state index in [4.69, 9.17) is 9.47 Å². The van der Waals surface area contributed by atoms with Crippen LogP contribution in [0.2, 0.25) is 0 Å². The molecule has 0 aromatic rings. The summed E-state index contributed by atoms with van der Waals surface area (Å²) in [7, 11) is 0. The summed E-state index contributed by atoms with van der Waals surface area (Å²) in [5.74, 6) is -2.08. The van der Waals surface area contributed by atoms with Gasteiger partial charge in [0.1, 0.15) is 0 Å². The monoisotopic (exact) mass is 478 g/mol. The number of ether oxygens (including phenoxy) is 2. The number of hydrogen-bond donors (Lipinski definition) is 2. The first-order chi connectivity index (χ1) is 16.4. The standard InChI is InChI=1S/C22H30N4O8/c27-17(7-11-25-19(29)3-4-20(25)30)23-9-1-13-33-15-16-34-14-2-10-24-18(28)8-12-26-21(31)5-6-22(26)32/h3-6H,1-2,7-16H2,(H,23,27)(H,24,28). The molecule has 186 valence electrons. The van der Waals surface area contributed by atoms with Crippen LogP contribution < -0.4 is 10.6 Å². The fourth-order valence-electron chi connectivity index (χ4n) is 3.03. The maximum Gasteiger partial charge on any atom is 0.253 e. The van der Waals surface area contributed by atoms with E-state index in [9.17, 15) is 28.8 Å². The van der Waals surface area contributed by atoms with Gasteiger partial charge < -0.3 is 20.1 Å². The van der Waals surface area contributed by atoms with Gasteiger partial charge in [-0.1, -0.05) is 0 Å². The van der Waals surface area contributed by atoms with E-state index in [1.165, 1.54) is 24.3 Å². The van der Waals surface area contributed by atoms with E-state index >= 15 is 0 Å². The number of amides is 6.